The van der Waals surface area contributed by atoms with E-state index in [-0.39, 0.29) is 11.8 Å². The first-order valence-electron chi connectivity index (χ1n) is 7.66. The second-order valence-electron chi connectivity index (χ2n) is 5.74. The summed E-state index contributed by atoms with van der Waals surface area (Å²) in [6.45, 7) is 1.98. The minimum atomic E-state index is 0.107. The Balaban J connectivity index is 1.65. The Kier molecular flexibility index (Phi) is 4.57. The molecule has 23 heavy (non-hydrogen) atoms. The summed E-state index contributed by atoms with van der Waals surface area (Å²) in [7, 11) is 0. The summed E-state index contributed by atoms with van der Waals surface area (Å²) >= 11 is 5.32. The van der Waals surface area contributed by atoms with Gasteiger partial charge in [-0.25, -0.2) is 0 Å². The lowest BCUT2D eigenvalue weighted by Gasteiger charge is -2.13. The van der Waals surface area contributed by atoms with Gasteiger partial charge in [-0.3, -0.25) is 4.79 Å². The second-order valence-corrected chi connectivity index (χ2v) is 6.15. The molecule has 0 aromatic heterocycles. The quantitative estimate of drug-likeness (QED) is 0.739. The Morgan fingerprint density at radius 3 is 2.39 bits per heavy atom. The molecule has 1 aliphatic carbocycles. The number of hydrogen-bond acceptors (Lipinski definition) is 2. The third kappa shape index (κ3) is 4.29. The van der Waals surface area contributed by atoms with Crippen molar-refractivity contribution in [3.63, 3.8) is 0 Å². The summed E-state index contributed by atoms with van der Waals surface area (Å²) in [4.78, 5) is 11.9. The molecule has 2 aromatic rings. The Labute approximate surface area is 141 Å². The summed E-state index contributed by atoms with van der Waals surface area (Å²) in [6.07, 6.45) is 1.99. The van der Waals surface area contributed by atoms with Gasteiger partial charge in [0, 0.05) is 23.0 Å². The maximum absolute atomic E-state index is 11.9. The number of anilines is 3. The molecule has 0 aliphatic heterocycles. The van der Waals surface area contributed by atoms with Crippen molar-refractivity contribution >= 4 is 40.3 Å². The number of rotatable bonds is 4. The van der Waals surface area contributed by atoms with Crippen molar-refractivity contribution < 1.29 is 4.79 Å². The third-order valence-corrected chi connectivity index (χ3v) is 3.94. The van der Waals surface area contributed by atoms with Crippen LogP contribution in [-0.4, -0.2) is 11.0 Å². The van der Waals surface area contributed by atoms with Crippen molar-refractivity contribution in [2.45, 2.75) is 19.8 Å². The van der Waals surface area contributed by atoms with E-state index in [4.69, 9.17) is 12.2 Å². The molecule has 0 spiro atoms. The summed E-state index contributed by atoms with van der Waals surface area (Å²) in [5.41, 5.74) is 3.63. The van der Waals surface area contributed by atoms with Gasteiger partial charge in [-0.05, 0) is 61.8 Å². The van der Waals surface area contributed by atoms with Crippen LogP contribution in [0, 0.1) is 12.8 Å². The number of thiocarbonyl (C=S) groups is 1. The number of aryl methyl sites for hydroxylation is 1. The minimum absolute atomic E-state index is 0.107. The fraction of sp³-hybridized carbons (Fsp3) is 0.222. The van der Waals surface area contributed by atoms with Gasteiger partial charge in [0.2, 0.25) is 5.91 Å². The van der Waals surface area contributed by atoms with Gasteiger partial charge in [-0.1, -0.05) is 24.3 Å². The molecule has 3 N–H and O–H groups in total. The standard InChI is InChI=1S/C18H19N3OS/c1-12-7-10-15(11-16(12)21-17(22)13-8-9-13)20-18(23)19-14-5-3-2-4-6-14/h2-7,10-11,13H,8-9H2,1H3,(H,21,22)(H2,19,20,23). The topological polar surface area (TPSA) is 53.2 Å². The zero-order valence-corrected chi connectivity index (χ0v) is 13.7. The highest BCUT2D eigenvalue weighted by Gasteiger charge is 2.29. The molecule has 0 bridgehead atoms. The van der Waals surface area contributed by atoms with Gasteiger partial charge in [0.1, 0.15) is 0 Å². The summed E-state index contributed by atoms with van der Waals surface area (Å²) < 4.78 is 0. The predicted octanol–water partition coefficient (Wildman–Crippen LogP) is 4.15. The van der Waals surface area contributed by atoms with Crippen molar-refractivity contribution in [1.29, 1.82) is 0 Å². The first kappa shape index (κ1) is 15.5. The molecule has 3 rings (SSSR count). The molecule has 1 amide bonds. The van der Waals surface area contributed by atoms with Crippen molar-refractivity contribution in [2.24, 2.45) is 5.92 Å². The van der Waals surface area contributed by atoms with E-state index in [1.807, 2.05) is 55.5 Å². The minimum Gasteiger partial charge on any atom is -0.332 e. The normalized spacial score (nSPS) is 13.3. The average molecular weight is 325 g/mol. The molecule has 2 aromatic carbocycles. The van der Waals surface area contributed by atoms with Gasteiger partial charge in [-0.2, -0.15) is 0 Å². The Morgan fingerprint density at radius 1 is 1.00 bits per heavy atom. The molecule has 118 valence electrons. The number of nitrogens with one attached hydrogen (secondary N) is 3. The maximum atomic E-state index is 11.9. The smallest absolute Gasteiger partial charge is 0.227 e. The van der Waals surface area contributed by atoms with Gasteiger partial charge in [0.15, 0.2) is 5.11 Å². The second kappa shape index (κ2) is 6.79. The number of carbonyl (C=O) groups excluding carboxylic acids is 1. The summed E-state index contributed by atoms with van der Waals surface area (Å²) in [5.74, 6) is 0.294. The number of para-hydroxylation sites is 1. The van der Waals surface area contributed by atoms with Crippen LogP contribution in [0.5, 0.6) is 0 Å². The number of hydrogen-bond donors (Lipinski definition) is 3. The van der Waals surface area contributed by atoms with Gasteiger partial charge in [0.25, 0.3) is 0 Å². The van der Waals surface area contributed by atoms with E-state index in [1.54, 1.807) is 0 Å². The first-order valence-corrected chi connectivity index (χ1v) is 8.07. The van der Waals surface area contributed by atoms with Gasteiger partial charge in [0.05, 0.1) is 0 Å². The highest BCUT2D eigenvalue weighted by Crippen LogP contribution is 2.31. The first-order chi connectivity index (χ1) is 11.1. The van der Waals surface area contributed by atoms with E-state index in [1.165, 1.54) is 0 Å². The Bertz CT molecular complexity index is 726. The van der Waals surface area contributed by atoms with Crippen LogP contribution in [-0.2, 0) is 4.79 Å². The van der Waals surface area contributed by atoms with E-state index in [9.17, 15) is 4.79 Å². The van der Waals surface area contributed by atoms with Crippen LogP contribution in [0.2, 0.25) is 0 Å². The summed E-state index contributed by atoms with van der Waals surface area (Å²) in [5, 5.41) is 9.78. The number of benzene rings is 2. The molecule has 1 saturated carbocycles. The van der Waals surface area contributed by atoms with E-state index in [0.717, 1.165) is 35.5 Å². The average Bonchev–Trinajstić information content (AvgIpc) is 3.36. The molecule has 5 heteroatoms. The van der Waals surface area contributed by atoms with Crippen molar-refractivity contribution in [1.82, 2.24) is 0 Å². The van der Waals surface area contributed by atoms with Gasteiger partial charge in [-0.15, -0.1) is 0 Å². The number of amides is 1. The van der Waals surface area contributed by atoms with E-state index in [2.05, 4.69) is 16.0 Å². The van der Waals surface area contributed by atoms with Crippen LogP contribution in [0.25, 0.3) is 0 Å². The third-order valence-electron chi connectivity index (χ3n) is 3.73. The van der Waals surface area contributed by atoms with E-state index >= 15 is 0 Å². The van der Waals surface area contributed by atoms with Crippen LogP contribution in [0.1, 0.15) is 18.4 Å². The lowest BCUT2D eigenvalue weighted by Crippen LogP contribution is -2.19. The highest BCUT2D eigenvalue weighted by molar-refractivity contribution is 7.80. The molecule has 1 fully saturated rings. The molecular weight excluding hydrogens is 306 g/mol. The molecule has 0 unspecified atom stereocenters. The van der Waals surface area contributed by atoms with Gasteiger partial charge < -0.3 is 16.0 Å². The van der Waals surface area contributed by atoms with Crippen LogP contribution < -0.4 is 16.0 Å². The van der Waals surface area contributed by atoms with Crippen molar-refractivity contribution in [3.8, 4) is 0 Å². The predicted molar refractivity (Wildman–Crippen MR) is 98.8 cm³/mol. The van der Waals surface area contributed by atoms with Crippen molar-refractivity contribution in [2.75, 3.05) is 16.0 Å². The largest absolute Gasteiger partial charge is 0.332 e. The fourth-order valence-electron chi connectivity index (χ4n) is 2.23. The van der Waals surface area contributed by atoms with E-state index < -0.39 is 0 Å². The zero-order valence-electron chi connectivity index (χ0n) is 12.9. The van der Waals surface area contributed by atoms with Gasteiger partial charge >= 0.3 is 0 Å². The zero-order chi connectivity index (χ0) is 16.2. The van der Waals surface area contributed by atoms with Crippen LogP contribution in [0.4, 0.5) is 17.1 Å². The number of carbonyl (C=O) groups is 1. The maximum Gasteiger partial charge on any atom is 0.227 e. The lowest BCUT2D eigenvalue weighted by molar-refractivity contribution is -0.117. The fourth-order valence-corrected chi connectivity index (χ4v) is 2.47. The highest BCUT2D eigenvalue weighted by atomic mass is 32.1. The molecule has 0 atom stereocenters. The molecule has 1 aliphatic rings. The molecule has 0 radical (unpaired) electrons. The Hall–Kier alpha value is -2.40. The Morgan fingerprint density at radius 2 is 1.70 bits per heavy atom. The molecule has 0 heterocycles. The van der Waals surface area contributed by atoms with Crippen LogP contribution in [0.3, 0.4) is 0 Å². The van der Waals surface area contributed by atoms with Crippen molar-refractivity contribution in [3.05, 3.63) is 54.1 Å². The molecular formula is C18H19N3OS. The molecule has 0 saturated heterocycles. The summed E-state index contributed by atoms with van der Waals surface area (Å²) in [6, 6.07) is 15.6. The lowest BCUT2D eigenvalue weighted by atomic mass is 10.1. The monoisotopic (exact) mass is 325 g/mol. The van der Waals surface area contributed by atoms with Crippen LogP contribution in [0.15, 0.2) is 48.5 Å². The van der Waals surface area contributed by atoms with E-state index in [0.29, 0.717) is 5.11 Å². The van der Waals surface area contributed by atoms with Crippen LogP contribution >= 0.6 is 12.2 Å². The SMILES string of the molecule is Cc1ccc(NC(=S)Nc2ccccc2)cc1NC(=O)C1CC1. The molecule has 4 nitrogen and oxygen atoms in total.